The molecule has 11 N–H and O–H groups in total. The summed E-state index contributed by atoms with van der Waals surface area (Å²) in [7, 11) is 0. The lowest BCUT2D eigenvalue weighted by Gasteiger charge is -2.27. The minimum absolute atomic E-state index is 0.0811. The predicted octanol–water partition coefficient (Wildman–Crippen LogP) is -1.47. The molecular formula is C23H37N7O6. The number of guanidine groups is 1. The number of carboxylic acids is 1. The molecule has 0 aromatic heterocycles. The highest BCUT2D eigenvalue weighted by Gasteiger charge is 2.30. The van der Waals surface area contributed by atoms with Gasteiger partial charge in [-0.05, 0) is 42.9 Å². The number of carbonyl (C=O) groups is 4. The summed E-state index contributed by atoms with van der Waals surface area (Å²) in [6, 6.07) is 3.19. The molecular weight excluding hydrogens is 470 g/mol. The number of carboxylic acid groups (broad SMARTS) is 1. The van der Waals surface area contributed by atoms with E-state index >= 15 is 0 Å². The van der Waals surface area contributed by atoms with Crippen LogP contribution in [0.2, 0.25) is 0 Å². The fraction of sp³-hybridized carbons (Fsp3) is 0.522. The highest BCUT2D eigenvalue weighted by molar-refractivity contribution is 5.93. The molecule has 13 heteroatoms. The van der Waals surface area contributed by atoms with E-state index in [1.165, 1.54) is 12.1 Å². The van der Waals surface area contributed by atoms with Crippen LogP contribution in [-0.2, 0) is 25.6 Å². The molecule has 4 unspecified atom stereocenters. The molecule has 36 heavy (non-hydrogen) atoms. The van der Waals surface area contributed by atoms with Gasteiger partial charge in [-0.3, -0.25) is 24.2 Å². The van der Waals surface area contributed by atoms with Crippen molar-refractivity contribution >= 4 is 29.7 Å². The quantitative estimate of drug-likeness (QED) is 0.0784. The monoisotopic (exact) mass is 507 g/mol. The first kappa shape index (κ1) is 30.2. The summed E-state index contributed by atoms with van der Waals surface area (Å²) in [6.07, 6.45) is 1.21. The maximum atomic E-state index is 13.1. The number of hydrogen-bond donors (Lipinski definition) is 8. The fourth-order valence-corrected chi connectivity index (χ4v) is 3.26. The van der Waals surface area contributed by atoms with Crippen molar-refractivity contribution in [3.8, 4) is 5.75 Å². The Morgan fingerprint density at radius 2 is 1.67 bits per heavy atom. The molecule has 0 fully saturated rings. The zero-order valence-corrected chi connectivity index (χ0v) is 20.6. The highest BCUT2D eigenvalue weighted by atomic mass is 16.4. The molecule has 4 atom stereocenters. The van der Waals surface area contributed by atoms with Crippen molar-refractivity contribution < 1.29 is 29.4 Å². The van der Waals surface area contributed by atoms with E-state index in [0.29, 0.717) is 12.8 Å². The molecule has 1 aromatic carbocycles. The number of aromatic hydroxyl groups is 1. The minimum atomic E-state index is -1.22. The molecule has 0 aliphatic carbocycles. The minimum Gasteiger partial charge on any atom is -0.508 e. The van der Waals surface area contributed by atoms with Crippen LogP contribution in [0, 0.1) is 5.92 Å². The Kier molecular flexibility index (Phi) is 12.7. The molecule has 0 aliphatic heterocycles. The zero-order valence-electron chi connectivity index (χ0n) is 20.6. The SMILES string of the molecule is CCC(C)C(NC(=O)C(CCCN=C(N)N)NC(=O)C(N)Cc1ccc(O)cc1)C(=O)NCC(=O)O. The van der Waals surface area contributed by atoms with Gasteiger partial charge in [-0.25, -0.2) is 0 Å². The number of carbonyl (C=O) groups excluding carboxylic acids is 3. The first-order valence-corrected chi connectivity index (χ1v) is 11.6. The molecule has 200 valence electrons. The Labute approximate surface area is 209 Å². The lowest BCUT2D eigenvalue weighted by molar-refractivity contribution is -0.139. The normalized spacial score (nSPS) is 14.0. The number of phenolic OH excluding ortho intramolecular Hbond substituents is 1. The Bertz CT molecular complexity index is 918. The van der Waals surface area contributed by atoms with Gasteiger partial charge in [0.25, 0.3) is 0 Å². The summed E-state index contributed by atoms with van der Waals surface area (Å²) in [5.41, 5.74) is 17.4. The van der Waals surface area contributed by atoms with Gasteiger partial charge in [0, 0.05) is 6.54 Å². The number of benzene rings is 1. The third-order valence-corrected chi connectivity index (χ3v) is 5.51. The lowest BCUT2D eigenvalue weighted by atomic mass is 9.97. The standard InChI is InChI=1S/C23H37N7O6/c1-3-13(2)19(22(36)28-12-18(32)33)30-21(35)17(5-4-10-27-23(25)26)29-20(34)16(24)11-14-6-8-15(31)9-7-14/h6-9,13,16-17,19,31H,3-5,10-12,24H2,1-2H3,(H,28,36)(H,29,34)(H,30,35)(H,32,33)(H4,25,26,27). The molecule has 0 heterocycles. The van der Waals surface area contributed by atoms with Gasteiger partial charge in [-0.2, -0.15) is 0 Å². The molecule has 13 nitrogen and oxygen atoms in total. The van der Waals surface area contributed by atoms with E-state index in [1.54, 1.807) is 19.1 Å². The zero-order chi connectivity index (χ0) is 27.3. The third-order valence-electron chi connectivity index (χ3n) is 5.51. The highest BCUT2D eigenvalue weighted by Crippen LogP contribution is 2.12. The molecule has 0 bridgehead atoms. The second-order valence-corrected chi connectivity index (χ2v) is 8.47. The second-order valence-electron chi connectivity index (χ2n) is 8.47. The summed E-state index contributed by atoms with van der Waals surface area (Å²) in [5, 5.41) is 25.8. The van der Waals surface area contributed by atoms with Crippen molar-refractivity contribution in [2.75, 3.05) is 13.1 Å². The van der Waals surface area contributed by atoms with Crippen LogP contribution < -0.4 is 33.2 Å². The van der Waals surface area contributed by atoms with Crippen LogP contribution >= 0.6 is 0 Å². The van der Waals surface area contributed by atoms with Gasteiger partial charge < -0.3 is 43.4 Å². The van der Waals surface area contributed by atoms with E-state index < -0.39 is 48.4 Å². The number of nitrogens with two attached hydrogens (primary N) is 3. The largest absolute Gasteiger partial charge is 0.508 e. The van der Waals surface area contributed by atoms with Gasteiger partial charge >= 0.3 is 5.97 Å². The lowest BCUT2D eigenvalue weighted by Crippen LogP contribution is -2.57. The van der Waals surface area contributed by atoms with Crippen LogP contribution in [0.25, 0.3) is 0 Å². The summed E-state index contributed by atoms with van der Waals surface area (Å²) >= 11 is 0. The van der Waals surface area contributed by atoms with Crippen molar-refractivity contribution in [1.82, 2.24) is 16.0 Å². The molecule has 0 spiro atoms. The van der Waals surface area contributed by atoms with Crippen LogP contribution in [0.1, 0.15) is 38.7 Å². The molecule has 0 radical (unpaired) electrons. The summed E-state index contributed by atoms with van der Waals surface area (Å²) in [6.45, 7) is 3.19. The Morgan fingerprint density at radius 1 is 1.03 bits per heavy atom. The number of aliphatic carboxylic acids is 1. The fourth-order valence-electron chi connectivity index (χ4n) is 3.26. The van der Waals surface area contributed by atoms with E-state index in [2.05, 4.69) is 20.9 Å². The van der Waals surface area contributed by atoms with Crippen molar-refractivity contribution in [3.05, 3.63) is 29.8 Å². The molecule has 0 saturated carbocycles. The predicted molar refractivity (Wildman–Crippen MR) is 134 cm³/mol. The number of nitrogens with zero attached hydrogens (tertiary/aromatic N) is 1. The number of hydrogen-bond acceptors (Lipinski definition) is 7. The first-order chi connectivity index (χ1) is 16.9. The van der Waals surface area contributed by atoms with Gasteiger partial charge in [0.05, 0.1) is 6.04 Å². The Hall–Kier alpha value is -3.87. The first-order valence-electron chi connectivity index (χ1n) is 11.6. The second kappa shape index (κ2) is 15.2. The molecule has 1 aromatic rings. The van der Waals surface area contributed by atoms with Crippen LogP contribution in [0.3, 0.4) is 0 Å². The number of aliphatic imine (C=N–C) groups is 1. The summed E-state index contributed by atoms with van der Waals surface area (Å²) < 4.78 is 0. The summed E-state index contributed by atoms with van der Waals surface area (Å²) in [4.78, 5) is 53.1. The van der Waals surface area contributed by atoms with E-state index in [1.807, 2.05) is 6.92 Å². The van der Waals surface area contributed by atoms with Gasteiger partial charge in [-0.15, -0.1) is 0 Å². The Morgan fingerprint density at radius 3 is 2.22 bits per heavy atom. The average molecular weight is 508 g/mol. The third kappa shape index (κ3) is 11.0. The number of phenols is 1. The number of rotatable bonds is 15. The van der Waals surface area contributed by atoms with E-state index in [9.17, 15) is 24.3 Å². The van der Waals surface area contributed by atoms with Crippen molar-refractivity contribution in [3.63, 3.8) is 0 Å². The number of nitrogens with one attached hydrogen (secondary N) is 3. The Balaban J connectivity index is 2.96. The molecule has 0 aliphatic rings. The smallest absolute Gasteiger partial charge is 0.322 e. The van der Waals surface area contributed by atoms with E-state index in [0.717, 1.165) is 5.56 Å². The van der Waals surface area contributed by atoms with Gasteiger partial charge in [0.2, 0.25) is 17.7 Å². The van der Waals surface area contributed by atoms with Crippen LogP contribution in [0.4, 0.5) is 0 Å². The summed E-state index contributed by atoms with van der Waals surface area (Å²) in [5.74, 6) is -3.40. The van der Waals surface area contributed by atoms with E-state index in [4.69, 9.17) is 22.3 Å². The van der Waals surface area contributed by atoms with Crippen molar-refractivity contribution in [1.29, 1.82) is 0 Å². The maximum absolute atomic E-state index is 13.1. The van der Waals surface area contributed by atoms with Gasteiger partial charge in [-0.1, -0.05) is 32.4 Å². The average Bonchev–Trinajstić information content (AvgIpc) is 2.83. The molecule has 1 rings (SSSR count). The van der Waals surface area contributed by atoms with Gasteiger partial charge in [0.15, 0.2) is 5.96 Å². The van der Waals surface area contributed by atoms with Crippen LogP contribution in [0.5, 0.6) is 5.75 Å². The molecule has 3 amide bonds. The van der Waals surface area contributed by atoms with Crippen LogP contribution in [0.15, 0.2) is 29.3 Å². The maximum Gasteiger partial charge on any atom is 0.322 e. The van der Waals surface area contributed by atoms with E-state index in [-0.39, 0.29) is 37.0 Å². The van der Waals surface area contributed by atoms with Crippen molar-refractivity contribution in [2.45, 2.75) is 57.7 Å². The van der Waals surface area contributed by atoms with Gasteiger partial charge in [0.1, 0.15) is 24.4 Å². The van der Waals surface area contributed by atoms with Crippen LogP contribution in [-0.4, -0.2) is 71.1 Å². The molecule has 0 saturated heterocycles. The van der Waals surface area contributed by atoms with Crippen molar-refractivity contribution in [2.24, 2.45) is 28.1 Å². The topological polar surface area (TPSA) is 235 Å². The number of amides is 3.